The van der Waals surface area contributed by atoms with E-state index in [1.807, 2.05) is 24.3 Å². The van der Waals surface area contributed by atoms with Crippen LogP contribution in [-0.2, 0) is 0 Å². The van der Waals surface area contributed by atoms with Crippen molar-refractivity contribution in [3.8, 4) is 5.75 Å². The van der Waals surface area contributed by atoms with Crippen LogP contribution in [0.15, 0.2) is 24.3 Å². The number of hydrogen-bond acceptors (Lipinski definition) is 2. The van der Waals surface area contributed by atoms with Gasteiger partial charge in [0.15, 0.2) is 0 Å². The van der Waals surface area contributed by atoms with E-state index in [0.29, 0.717) is 8.55 Å². The smallest absolute Gasteiger partial charge is 0.215 e. The van der Waals surface area contributed by atoms with E-state index in [-0.39, 0.29) is 0 Å². The zero-order valence-corrected chi connectivity index (χ0v) is 9.66. The molecule has 0 aliphatic carbocycles. The van der Waals surface area contributed by atoms with Crippen molar-refractivity contribution in [1.82, 2.24) is 0 Å². The highest BCUT2D eigenvalue weighted by Crippen LogP contribution is 2.05. The molecule has 0 spiro atoms. The lowest BCUT2D eigenvalue weighted by atomic mass is 10.3. The van der Waals surface area contributed by atoms with Gasteiger partial charge in [-0.25, -0.2) is 0 Å². The van der Waals surface area contributed by atoms with Crippen LogP contribution in [0.25, 0.3) is 0 Å². The fourth-order valence-corrected chi connectivity index (χ4v) is 3.68. The van der Waals surface area contributed by atoms with E-state index in [9.17, 15) is 4.80 Å². The number of methoxy groups -OCH3 is 1. The molecule has 0 aromatic heterocycles. The van der Waals surface area contributed by atoms with Crippen LogP contribution in [0, 0.1) is 0 Å². The maximum Gasteiger partial charge on any atom is 0.215 e. The zero-order valence-electron chi connectivity index (χ0n) is 6.66. The largest absolute Gasteiger partial charge is 0.497 e. The fraction of sp³-hybridized carbons (Fsp3) is 0.143. The molecule has 60 valence electrons. The topological polar surface area (TPSA) is 29.5 Å². The maximum atomic E-state index is 9.52. The summed E-state index contributed by atoms with van der Waals surface area (Å²) in [7, 11) is 4.04. The summed E-state index contributed by atoms with van der Waals surface area (Å²) in [6.07, 6.45) is 0. The summed E-state index contributed by atoms with van der Waals surface area (Å²) in [6, 6.07) is 7.53. The molecular formula is C7H8O2Si3. The molecule has 1 N–H and O–H groups in total. The van der Waals surface area contributed by atoms with Crippen molar-refractivity contribution < 1.29 is 9.53 Å². The molecule has 0 heterocycles. The Bertz CT molecular complexity index is 237. The van der Waals surface area contributed by atoms with E-state index in [0.717, 1.165) is 10.9 Å². The van der Waals surface area contributed by atoms with Gasteiger partial charge < -0.3 is 9.53 Å². The first-order valence-electron chi connectivity index (χ1n) is 3.41. The monoisotopic (exact) mass is 208 g/mol. The highest BCUT2D eigenvalue weighted by Gasteiger charge is 2.07. The average Bonchev–Trinajstić information content (AvgIpc) is 2.17. The summed E-state index contributed by atoms with van der Waals surface area (Å²) >= 11 is 0. The van der Waals surface area contributed by atoms with Gasteiger partial charge in [0, 0.05) is 9.76 Å². The van der Waals surface area contributed by atoms with Gasteiger partial charge in [0.25, 0.3) is 0 Å². The van der Waals surface area contributed by atoms with Crippen LogP contribution in [0.4, 0.5) is 0 Å². The Balaban J connectivity index is 2.77. The molecule has 1 aromatic rings. The lowest BCUT2D eigenvalue weighted by Crippen LogP contribution is -2.36. The first-order chi connectivity index (χ1) is 5.77. The molecule has 1 rings (SSSR count). The van der Waals surface area contributed by atoms with Crippen LogP contribution in [0.2, 0.25) is 0 Å². The fourth-order valence-electron chi connectivity index (χ4n) is 0.821. The van der Waals surface area contributed by atoms with E-state index in [2.05, 4.69) is 9.76 Å². The minimum atomic E-state index is -1.35. The van der Waals surface area contributed by atoms with Crippen molar-refractivity contribution in [2.24, 2.45) is 0 Å². The van der Waals surface area contributed by atoms with E-state index < -0.39 is 8.56 Å². The van der Waals surface area contributed by atoms with Crippen molar-refractivity contribution >= 4 is 32.1 Å². The molecule has 0 saturated heterocycles. The number of rotatable bonds is 3. The molecule has 0 saturated carbocycles. The molecule has 1 aromatic carbocycles. The minimum absolute atomic E-state index is 0.429. The quantitative estimate of drug-likeness (QED) is 0.657. The Hall–Kier alpha value is -0.369. The Morgan fingerprint density at radius 2 is 2.00 bits per heavy atom. The van der Waals surface area contributed by atoms with Crippen LogP contribution in [0.3, 0.4) is 0 Å². The van der Waals surface area contributed by atoms with E-state index in [1.165, 1.54) is 0 Å². The minimum Gasteiger partial charge on any atom is -0.497 e. The second-order valence-electron chi connectivity index (χ2n) is 2.20. The van der Waals surface area contributed by atoms with Gasteiger partial charge in [-0.3, -0.25) is 0 Å². The molecule has 0 aliphatic rings. The molecule has 0 aliphatic heterocycles. The predicted octanol–water partition coefficient (Wildman–Crippen LogP) is -0.830. The van der Waals surface area contributed by atoms with Crippen LogP contribution in [-0.4, -0.2) is 38.8 Å². The molecule has 0 atom stereocenters. The van der Waals surface area contributed by atoms with Gasteiger partial charge in [-0.15, -0.1) is 0 Å². The lowest BCUT2D eigenvalue weighted by molar-refractivity contribution is 0.415. The lowest BCUT2D eigenvalue weighted by Gasteiger charge is -2.05. The van der Waals surface area contributed by atoms with E-state index in [1.54, 1.807) is 7.11 Å². The van der Waals surface area contributed by atoms with E-state index >= 15 is 0 Å². The number of ether oxygens (including phenoxy) is 1. The molecule has 12 heavy (non-hydrogen) atoms. The first kappa shape index (κ1) is 9.72. The molecule has 6 radical (unpaired) electrons. The third-order valence-corrected chi connectivity index (χ3v) is 6.31. The molecule has 0 fully saturated rings. The van der Waals surface area contributed by atoms with Crippen molar-refractivity contribution in [3.63, 3.8) is 0 Å². The number of benzene rings is 1. The Kier molecular flexibility index (Phi) is 3.73. The van der Waals surface area contributed by atoms with Gasteiger partial charge in [0.05, 0.1) is 15.7 Å². The van der Waals surface area contributed by atoms with E-state index in [4.69, 9.17) is 4.74 Å². The van der Waals surface area contributed by atoms with Gasteiger partial charge >= 0.3 is 0 Å². The molecule has 0 unspecified atom stereocenters. The second kappa shape index (κ2) is 4.61. The Morgan fingerprint density at radius 1 is 1.42 bits per heavy atom. The summed E-state index contributed by atoms with van der Waals surface area (Å²) in [4.78, 5) is 9.52. The number of hydrogen-bond donors (Lipinski definition) is 1. The summed E-state index contributed by atoms with van der Waals surface area (Å²) < 4.78 is 5.00. The van der Waals surface area contributed by atoms with Crippen LogP contribution >= 0.6 is 0 Å². The maximum absolute atomic E-state index is 9.52. The van der Waals surface area contributed by atoms with Gasteiger partial charge in [-0.05, 0) is 17.3 Å². The molecule has 5 heteroatoms. The molecule has 0 bridgehead atoms. The van der Waals surface area contributed by atoms with Crippen molar-refractivity contribution in [1.29, 1.82) is 0 Å². The van der Waals surface area contributed by atoms with Crippen LogP contribution in [0.1, 0.15) is 0 Å². The van der Waals surface area contributed by atoms with Gasteiger partial charge in [0.1, 0.15) is 5.75 Å². The Labute approximate surface area is 79.1 Å². The third-order valence-electron chi connectivity index (χ3n) is 1.48. The van der Waals surface area contributed by atoms with Crippen molar-refractivity contribution in [3.05, 3.63) is 24.3 Å². The van der Waals surface area contributed by atoms with Crippen LogP contribution < -0.4 is 9.92 Å². The normalized spacial score (nSPS) is 10.3. The highest BCUT2D eigenvalue weighted by molar-refractivity contribution is 7.32. The third kappa shape index (κ3) is 2.31. The molecular weight excluding hydrogens is 200 g/mol. The van der Waals surface area contributed by atoms with Gasteiger partial charge in [-0.2, -0.15) is 0 Å². The molecule has 0 amide bonds. The van der Waals surface area contributed by atoms with Crippen molar-refractivity contribution in [2.45, 2.75) is 0 Å². The summed E-state index contributed by atoms with van der Waals surface area (Å²) in [5.74, 6) is 0.825. The highest BCUT2D eigenvalue weighted by atomic mass is 29.5. The van der Waals surface area contributed by atoms with Gasteiger partial charge in [0.2, 0.25) is 8.56 Å². The summed E-state index contributed by atoms with van der Waals surface area (Å²) in [5.41, 5.74) is 0. The SMILES string of the molecule is COc1ccc([Si](O)[Si][Si])cc1. The predicted molar refractivity (Wildman–Crippen MR) is 52.1 cm³/mol. The summed E-state index contributed by atoms with van der Waals surface area (Å²) in [5, 5.41) is 1.01. The van der Waals surface area contributed by atoms with Crippen LogP contribution in [0.5, 0.6) is 5.75 Å². The van der Waals surface area contributed by atoms with Gasteiger partial charge in [-0.1, -0.05) is 12.1 Å². The Morgan fingerprint density at radius 3 is 2.42 bits per heavy atom. The summed E-state index contributed by atoms with van der Waals surface area (Å²) in [6.45, 7) is 0. The zero-order chi connectivity index (χ0) is 8.97. The first-order valence-corrected chi connectivity index (χ1v) is 8.35. The van der Waals surface area contributed by atoms with Crippen molar-refractivity contribution in [2.75, 3.05) is 7.11 Å². The second-order valence-corrected chi connectivity index (χ2v) is 8.15. The molecule has 2 nitrogen and oxygen atoms in total. The average molecular weight is 208 g/mol. The standard InChI is InChI=1S/C7H8O2Si3/c1-9-6-2-4-7(5-3-6)12(8)11-10/h2-5,8H,1H3.